The van der Waals surface area contributed by atoms with Crippen LogP contribution in [0.5, 0.6) is 17.2 Å². The van der Waals surface area contributed by atoms with Crippen LogP contribution in [0.15, 0.2) is 46.0 Å². The van der Waals surface area contributed by atoms with Crippen LogP contribution >= 0.6 is 23.4 Å². The maximum absolute atomic E-state index is 12.2. The first-order valence-corrected chi connectivity index (χ1v) is 9.48. The van der Waals surface area contributed by atoms with Gasteiger partial charge >= 0.3 is 0 Å². The minimum absolute atomic E-state index is 0.0818. The Morgan fingerprint density at radius 2 is 2.07 bits per heavy atom. The molecule has 10 heteroatoms. The number of fused-ring (bicyclic) bond motifs is 1. The largest absolute Gasteiger partial charge is 0.495 e. The van der Waals surface area contributed by atoms with Gasteiger partial charge in [-0.1, -0.05) is 23.4 Å². The molecule has 2 heterocycles. The first-order valence-electron chi connectivity index (χ1n) is 8.12. The number of thioether (sulfide) groups is 1. The van der Waals surface area contributed by atoms with Crippen molar-refractivity contribution in [2.75, 3.05) is 25.0 Å². The number of rotatable bonds is 6. The van der Waals surface area contributed by atoms with Gasteiger partial charge in [0.25, 0.3) is 5.22 Å². The van der Waals surface area contributed by atoms with Crippen molar-refractivity contribution >= 4 is 35.0 Å². The smallest absolute Gasteiger partial charge is 0.277 e. The van der Waals surface area contributed by atoms with E-state index < -0.39 is 0 Å². The highest BCUT2D eigenvalue weighted by molar-refractivity contribution is 7.99. The number of nitrogens with one attached hydrogen (secondary N) is 1. The molecule has 1 N–H and O–H groups in total. The van der Waals surface area contributed by atoms with E-state index in [2.05, 4.69) is 15.5 Å². The molecular formula is C18H14ClN3O5S. The SMILES string of the molecule is COc1ccc(Cl)cc1NC(=O)CSc1nnc(-c2ccc3c(c2)OCO3)o1. The number of halogens is 1. The summed E-state index contributed by atoms with van der Waals surface area (Å²) in [6, 6.07) is 10.3. The van der Waals surface area contributed by atoms with E-state index in [1.54, 1.807) is 36.4 Å². The van der Waals surface area contributed by atoms with Gasteiger partial charge in [0.2, 0.25) is 18.6 Å². The molecule has 1 aromatic heterocycles. The molecule has 1 aliphatic rings. The Morgan fingerprint density at radius 1 is 1.21 bits per heavy atom. The zero-order valence-corrected chi connectivity index (χ0v) is 16.2. The van der Waals surface area contributed by atoms with Crippen LogP contribution in [0.25, 0.3) is 11.5 Å². The Labute approximate surface area is 169 Å². The lowest BCUT2D eigenvalue weighted by atomic mass is 10.2. The van der Waals surface area contributed by atoms with Gasteiger partial charge in [-0.2, -0.15) is 0 Å². The molecule has 28 heavy (non-hydrogen) atoms. The molecule has 0 atom stereocenters. The topological polar surface area (TPSA) is 95.7 Å². The van der Waals surface area contributed by atoms with Gasteiger partial charge < -0.3 is 23.9 Å². The number of anilines is 1. The average molecular weight is 420 g/mol. The third-order valence-corrected chi connectivity index (χ3v) is 4.84. The lowest BCUT2D eigenvalue weighted by Crippen LogP contribution is -2.14. The number of ether oxygens (including phenoxy) is 3. The van der Waals surface area contributed by atoms with E-state index in [0.717, 1.165) is 11.8 Å². The Kier molecular flexibility index (Phi) is 5.27. The van der Waals surface area contributed by atoms with Crippen LogP contribution < -0.4 is 19.5 Å². The minimum Gasteiger partial charge on any atom is -0.495 e. The number of aromatic nitrogens is 2. The average Bonchev–Trinajstić information content (AvgIpc) is 3.35. The van der Waals surface area contributed by atoms with Gasteiger partial charge in [-0.15, -0.1) is 10.2 Å². The summed E-state index contributed by atoms with van der Waals surface area (Å²) in [5.41, 5.74) is 1.20. The maximum atomic E-state index is 12.2. The van der Waals surface area contributed by atoms with Gasteiger partial charge in [0.1, 0.15) is 5.75 Å². The van der Waals surface area contributed by atoms with Crippen molar-refractivity contribution < 1.29 is 23.4 Å². The number of hydrogen-bond donors (Lipinski definition) is 1. The van der Waals surface area contributed by atoms with E-state index in [-0.39, 0.29) is 23.7 Å². The zero-order valence-electron chi connectivity index (χ0n) is 14.6. The Balaban J connectivity index is 1.38. The number of benzene rings is 2. The van der Waals surface area contributed by atoms with Crippen LogP contribution in [-0.4, -0.2) is 35.8 Å². The van der Waals surface area contributed by atoms with Crippen molar-refractivity contribution in [1.29, 1.82) is 0 Å². The molecule has 2 aromatic carbocycles. The Hall–Kier alpha value is -2.91. The monoisotopic (exact) mass is 419 g/mol. The summed E-state index contributed by atoms with van der Waals surface area (Å²) in [7, 11) is 1.52. The van der Waals surface area contributed by atoms with Crippen molar-refractivity contribution in [2.24, 2.45) is 0 Å². The van der Waals surface area contributed by atoms with E-state index in [9.17, 15) is 4.79 Å². The van der Waals surface area contributed by atoms with E-state index in [1.165, 1.54) is 7.11 Å². The van der Waals surface area contributed by atoms with Gasteiger partial charge in [0.05, 0.1) is 18.6 Å². The number of hydrogen-bond acceptors (Lipinski definition) is 8. The molecule has 4 rings (SSSR count). The van der Waals surface area contributed by atoms with Crippen LogP contribution in [0.2, 0.25) is 5.02 Å². The van der Waals surface area contributed by atoms with Crippen molar-refractivity contribution in [2.45, 2.75) is 5.22 Å². The molecule has 0 bridgehead atoms. The highest BCUT2D eigenvalue weighted by atomic mass is 35.5. The summed E-state index contributed by atoms with van der Waals surface area (Å²) in [6.07, 6.45) is 0. The lowest BCUT2D eigenvalue weighted by Gasteiger charge is -2.09. The van der Waals surface area contributed by atoms with Gasteiger partial charge in [-0.25, -0.2) is 0 Å². The third kappa shape index (κ3) is 4.00. The minimum atomic E-state index is -0.256. The lowest BCUT2D eigenvalue weighted by molar-refractivity contribution is -0.113. The standard InChI is InChI=1S/C18H14ClN3O5S/c1-24-13-5-3-11(19)7-12(13)20-16(23)8-28-18-22-21-17(27-18)10-2-4-14-15(6-10)26-9-25-14/h2-7H,8-9H2,1H3,(H,20,23). The fourth-order valence-electron chi connectivity index (χ4n) is 2.51. The molecule has 0 fully saturated rings. The molecule has 0 saturated carbocycles. The first kappa shape index (κ1) is 18.5. The molecule has 1 amide bonds. The zero-order chi connectivity index (χ0) is 19.5. The summed E-state index contributed by atoms with van der Waals surface area (Å²) >= 11 is 7.09. The van der Waals surface area contributed by atoms with Crippen LogP contribution in [0.3, 0.4) is 0 Å². The molecule has 0 unspecified atom stereocenters. The molecule has 0 radical (unpaired) electrons. The number of carbonyl (C=O) groups is 1. The number of methoxy groups -OCH3 is 1. The van der Waals surface area contributed by atoms with Crippen LogP contribution in [0.1, 0.15) is 0 Å². The molecule has 144 valence electrons. The van der Waals surface area contributed by atoms with E-state index in [4.69, 9.17) is 30.2 Å². The summed E-state index contributed by atoms with van der Waals surface area (Å²) < 4.78 is 21.4. The fraction of sp³-hybridized carbons (Fsp3) is 0.167. The van der Waals surface area contributed by atoms with Gasteiger partial charge in [0, 0.05) is 10.6 Å². The van der Waals surface area contributed by atoms with Crippen LogP contribution in [-0.2, 0) is 4.79 Å². The van der Waals surface area contributed by atoms with Crippen LogP contribution in [0, 0.1) is 0 Å². The third-order valence-electron chi connectivity index (χ3n) is 3.79. The van der Waals surface area contributed by atoms with Gasteiger partial charge in [0.15, 0.2) is 11.5 Å². The van der Waals surface area contributed by atoms with Gasteiger partial charge in [-0.3, -0.25) is 4.79 Å². The molecule has 0 spiro atoms. The Bertz CT molecular complexity index is 1030. The van der Waals surface area contributed by atoms with Crippen LogP contribution in [0.4, 0.5) is 5.69 Å². The molecule has 0 saturated heterocycles. The predicted molar refractivity (Wildman–Crippen MR) is 103 cm³/mol. The summed E-state index contributed by atoms with van der Waals surface area (Å²) in [4.78, 5) is 12.2. The Morgan fingerprint density at radius 3 is 2.93 bits per heavy atom. The molecule has 0 aliphatic carbocycles. The molecule has 3 aromatic rings. The van der Waals surface area contributed by atoms with Crippen molar-refractivity contribution in [1.82, 2.24) is 10.2 Å². The summed E-state index contributed by atoms with van der Waals surface area (Å²) in [5, 5.41) is 11.5. The normalized spacial score (nSPS) is 12.1. The number of nitrogens with zero attached hydrogens (tertiary/aromatic N) is 2. The fourth-order valence-corrected chi connectivity index (χ4v) is 3.24. The summed E-state index contributed by atoms with van der Waals surface area (Å²) in [6.45, 7) is 0.191. The highest BCUT2D eigenvalue weighted by Crippen LogP contribution is 2.36. The second kappa shape index (κ2) is 7.99. The molecule has 8 nitrogen and oxygen atoms in total. The van der Waals surface area contributed by atoms with Gasteiger partial charge in [-0.05, 0) is 36.4 Å². The van der Waals surface area contributed by atoms with Crippen molar-refractivity contribution in [3.63, 3.8) is 0 Å². The maximum Gasteiger partial charge on any atom is 0.277 e. The quantitative estimate of drug-likeness (QED) is 0.602. The second-order valence-corrected chi connectivity index (χ2v) is 6.99. The summed E-state index contributed by atoms with van der Waals surface area (Å²) in [5.74, 6) is 1.97. The van der Waals surface area contributed by atoms with E-state index >= 15 is 0 Å². The number of carbonyl (C=O) groups excluding carboxylic acids is 1. The van der Waals surface area contributed by atoms with Crippen molar-refractivity contribution in [3.8, 4) is 28.7 Å². The highest BCUT2D eigenvalue weighted by Gasteiger charge is 2.17. The van der Waals surface area contributed by atoms with E-state index in [1.807, 2.05) is 0 Å². The van der Waals surface area contributed by atoms with E-state index in [0.29, 0.717) is 39.4 Å². The number of amides is 1. The molecule has 1 aliphatic heterocycles. The van der Waals surface area contributed by atoms with Crippen molar-refractivity contribution in [3.05, 3.63) is 41.4 Å². The first-order chi connectivity index (χ1) is 13.6. The molecular weight excluding hydrogens is 406 g/mol. The predicted octanol–water partition coefficient (Wildman–Crippen LogP) is 3.86. The second-order valence-electron chi connectivity index (χ2n) is 5.62.